The van der Waals surface area contributed by atoms with Gasteiger partial charge in [-0.1, -0.05) is 24.3 Å². The number of aromatic nitrogens is 2. The number of benzene rings is 2. The lowest BCUT2D eigenvalue weighted by Gasteiger charge is -2.39. The summed E-state index contributed by atoms with van der Waals surface area (Å²) in [7, 11) is 0. The van der Waals surface area contributed by atoms with Crippen molar-refractivity contribution < 1.29 is 9.53 Å². The number of ether oxygens (including phenoxy) is 1. The van der Waals surface area contributed by atoms with Gasteiger partial charge in [-0.2, -0.15) is 0 Å². The van der Waals surface area contributed by atoms with Crippen LogP contribution in [0.1, 0.15) is 25.5 Å². The molecular weight excluding hydrogens is 340 g/mol. The van der Waals surface area contributed by atoms with Gasteiger partial charge in [-0.05, 0) is 36.8 Å². The summed E-state index contributed by atoms with van der Waals surface area (Å²) in [5.41, 5.74) is 2.87. The highest BCUT2D eigenvalue weighted by Crippen LogP contribution is 2.25. The fourth-order valence-electron chi connectivity index (χ4n) is 3.22. The molecule has 1 amide bonds. The highest BCUT2D eigenvalue weighted by atomic mass is 16.5. The van der Waals surface area contributed by atoms with Crippen molar-refractivity contribution in [3.63, 3.8) is 0 Å². The molecule has 1 unspecified atom stereocenters. The molecule has 1 fully saturated rings. The molecule has 0 bridgehead atoms. The van der Waals surface area contributed by atoms with E-state index in [2.05, 4.69) is 20.2 Å². The summed E-state index contributed by atoms with van der Waals surface area (Å²) < 4.78 is 6.03. The predicted octanol–water partition coefficient (Wildman–Crippen LogP) is 3.09. The van der Waals surface area contributed by atoms with E-state index in [-0.39, 0.29) is 18.1 Å². The molecule has 2 heterocycles. The molecule has 1 aromatic heterocycles. The largest absolute Gasteiger partial charge is 0.487 e. The van der Waals surface area contributed by atoms with E-state index in [0.29, 0.717) is 0 Å². The first-order chi connectivity index (χ1) is 13.1. The van der Waals surface area contributed by atoms with Crippen LogP contribution in [0.15, 0.2) is 54.7 Å². The number of hydrogen-bond donors (Lipinski definition) is 1. The Morgan fingerprint density at radius 1 is 1.15 bits per heavy atom. The van der Waals surface area contributed by atoms with E-state index < -0.39 is 0 Å². The Labute approximate surface area is 158 Å². The van der Waals surface area contributed by atoms with Crippen molar-refractivity contribution in [1.29, 1.82) is 0 Å². The molecule has 3 aromatic rings. The number of para-hydroxylation sites is 2. The van der Waals surface area contributed by atoms with Gasteiger partial charge in [0.05, 0.1) is 36.4 Å². The Bertz CT molecular complexity index is 952. The summed E-state index contributed by atoms with van der Waals surface area (Å²) in [5, 5.41) is 2.88. The van der Waals surface area contributed by atoms with Crippen molar-refractivity contribution in [2.24, 2.45) is 0 Å². The summed E-state index contributed by atoms with van der Waals surface area (Å²) in [5.74, 6) is 1.69. The van der Waals surface area contributed by atoms with Crippen molar-refractivity contribution in [1.82, 2.24) is 15.3 Å². The molecule has 27 heavy (non-hydrogen) atoms. The highest BCUT2D eigenvalue weighted by molar-refractivity contribution is 5.75. The Kier molecular flexibility index (Phi) is 4.62. The number of nitrogens with zero attached hydrogens (tertiary/aromatic N) is 3. The molecule has 0 radical (unpaired) electrons. The number of amides is 1. The van der Waals surface area contributed by atoms with Crippen LogP contribution in [-0.2, 0) is 4.79 Å². The molecule has 6 nitrogen and oxygen atoms in total. The van der Waals surface area contributed by atoms with E-state index in [1.807, 2.05) is 61.7 Å². The zero-order valence-electron chi connectivity index (χ0n) is 15.4. The minimum atomic E-state index is -0.0332. The van der Waals surface area contributed by atoms with Gasteiger partial charge in [0.1, 0.15) is 17.7 Å². The first-order valence-electron chi connectivity index (χ1n) is 9.09. The molecule has 0 aliphatic carbocycles. The number of fused-ring (bicyclic) bond motifs is 1. The molecule has 0 spiro atoms. The van der Waals surface area contributed by atoms with Crippen molar-refractivity contribution in [3.8, 4) is 5.75 Å². The first kappa shape index (κ1) is 17.3. The van der Waals surface area contributed by atoms with Crippen LogP contribution in [0.5, 0.6) is 5.75 Å². The van der Waals surface area contributed by atoms with Crippen molar-refractivity contribution >= 4 is 22.8 Å². The number of anilines is 1. The van der Waals surface area contributed by atoms with Crippen molar-refractivity contribution in [3.05, 3.63) is 60.3 Å². The fourth-order valence-corrected chi connectivity index (χ4v) is 3.22. The van der Waals surface area contributed by atoms with Crippen LogP contribution in [0.25, 0.3) is 11.0 Å². The van der Waals surface area contributed by atoms with Gasteiger partial charge in [0.15, 0.2) is 0 Å². The summed E-state index contributed by atoms with van der Waals surface area (Å²) in [4.78, 5) is 22.5. The van der Waals surface area contributed by atoms with Gasteiger partial charge in [0.25, 0.3) is 0 Å². The highest BCUT2D eigenvalue weighted by Gasteiger charge is 2.29. The van der Waals surface area contributed by atoms with Gasteiger partial charge in [-0.25, -0.2) is 4.98 Å². The summed E-state index contributed by atoms with van der Waals surface area (Å²) >= 11 is 0. The van der Waals surface area contributed by atoms with Gasteiger partial charge >= 0.3 is 0 Å². The van der Waals surface area contributed by atoms with Crippen molar-refractivity contribution in [2.45, 2.75) is 26.0 Å². The number of hydrogen-bond acceptors (Lipinski definition) is 5. The molecule has 1 aliphatic rings. The second-order valence-corrected chi connectivity index (χ2v) is 6.85. The molecule has 2 aromatic carbocycles. The van der Waals surface area contributed by atoms with Gasteiger partial charge < -0.3 is 15.0 Å². The summed E-state index contributed by atoms with van der Waals surface area (Å²) in [6, 6.07) is 15.7. The molecule has 6 heteroatoms. The SMILES string of the molecule is CC(=O)NC(C)c1ccc(OC2CN(c3cnc4ccccc4n3)C2)cc1. The Balaban J connectivity index is 1.33. The zero-order chi connectivity index (χ0) is 18.8. The minimum absolute atomic E-state index is 0.0118. The van der Waals surface area contributed by atoms with Gasteiger partial charge in [0.2, 0.25) is 5.91 Å². The maximum absolute atomic E-state index is 11.2. The quantitative estimate of drug-likeness (QED) is 0.755. The summed E-state index contributed by atoms with van der Waals surface area (Å²) in [6.07, 6.45) is 1.95. The molecule has 0 saturated carbocycles. The third kappa shape index (κ3) is 3.84. The van der Waals surface area contributed by atoms with E-state index in [1.165, 1.54) is 6.92 Å². The monoisotopic (exact) mass is 362 g/mol. The molecule has 4 rings (SSSR count). The van der Waals surface area contributed by atoms with E-state index in [0.717, 1.165) is 41.3 Å². The third-order valence-electron chi connectivity index (χ3n) is 4.71. The number of carbonyl (C=O) groups is 1. The molecule has 1 saturated heterocycles. The van der Waals surface area contributed by atoms with Crippen LogP contribution < -0.4 is 15.0 Å². The second-order valence-electron chi connectivity index (χ2n) is 6.85. The average molecular weight is 362 g/mol. The molecule has 138 valence electrons. The van der Waals surface area contributed by atoms with Crippen LogP contribution in [0.4, 0.5) is 5.82 Å². The lowest BCUT2D eigenvalue weighted by atomic mass is 10.1. The minimum Gasteiger partial charge on any atom is -0.487 e. The predicted molar refractivity (Wildman–Crippen MR) is 105 cm³/mol. The normalized spacial score (nSPS) is 15.3. The lowest BCUT2D eigenvalue weighted by molar-refractivity contribution is -0.119. The fraction of sp³-hybridized carbons (Fsp3) is 0.286. The number of carbonyl (C=O) groups excluding carboxylic acids is 1. The van der Waals surface area contributed by atoms with E-state index in [9.17, 15) is 4.79 Å². The topological polar surface area (TPSA) is 67.3 Å². The van der Waals surface area contributed by atoms with Gasteiger partial charge in [-0.15, -0.1) is 0 Å². The average Bonchev–Trinajstić information content (AvgIpc) is 2.64. The van der Waals surface area contributed by atoms with Crippen molar-refractivity contribution in [2.75, 3.05) is 18.0 Å². The summed E-state index contributed by atoms with van der Waals surface area (Å²) in [6.45, 7) is 5.07. The smallest absolute Gasteiger partial charge is 0.217 e. The van der Waals surface area contributed by atoms with Crippen LogP contribution >= 0.6 is 0 Å². The van der Waals surface area contributed by atoms with Crippen LogP contribution in [-0.4, -0.2) is 35.1 Å². The molecule has 1 N–H and O–H groups in total. The second kappa shape index (κ2) is 7.23. The van der Waals surface area contributed by atoms with Crippen LogP contribution in [0, 0.1) is 0 Å². The van der Waals surface area contributed by atoms with Gasteiger partial charge in [0, 0.05) is 6.92 Å². The standard InChI is InChI=1S/C21H22N4O2/c1-14(23-15(2)26)16-7-9-17(10-8-16)27-18-12-25(13-18)21-11-22-19-5-3-4-6-20(19)24-21/h3-11,14,18H,12-13H2,1-2H3,(H,23,26). The van der Waals surface area contributed by atoms with Crippen LogP contribution in [0.3, 0.4) is 0 Å². The molecule has 1 atom stereocenters. The van der Waals surface area contributed by atoms with E-state index >= 15 is 0 Å². The lowest BCUT2D eigenvalue weighted by Crippen LogP contribution is -2.54. The maximum Gasteiger partial charge on any atom is 0.217 e. The number of nitrogens with one attached hydrogen (secondary N) is 1. The molecule has 1 aliphatic heterocycles. The van der Waals surface area contributed by atoms with Crippen LogP contribution in [0.2, 0.25) is 0 Å². The Morgan fingerprint density at radius 3 is 2.56 bits per heavy atom. The Hall–Kier alpha value is -3.15. The zero-order valence-corrected chi connectivity index (χ0v) is 15.4. The number of rotatable bonds is 5. The molecular formula is C21H22N4O2. The van der Waals surface area contributed by atoms with Gasteiger partial charge in [-0.3, -0.25) is 9.78 Å². The Morgan fingerprint density at radius 2 is 1.85 bits per heavy atom. The third-order valence-corrected chi connectivity index (χ3v) is 4.71. The first-order valence-corrected chi connectivity index (χ1v) is 9.09. The maximum atomic E-state index is 11.2. The van der Waals surface area contributed by atoms with E-state index in [4.69, 9.17) is 4.74 Å². The van der Waals surface area contributed by atoms with E-state index in [1.54, 1.807) is 0 Å².